The van der Waals surface area contributed by atoms with E-state index in [1.807, 2.05) is 24.3 Å². The molecule has 1 aromatic rings. The lowest BCUT2D eigenvalue weighted by Crippen LogP contribution is -2.41. The molecule has 1 heterocycles. The minimum atomic E-state index is -0.0433. The van der Waals surface area contributed by atoms with Crippen LogP contribution >= 0.6 is 11.8 Å². The maximum absolute atomic E-state index is 11.7. The van der Waals surface area contributed by atoms with Crippen molar-refractivity contribution in [3.05, 3.63) is 29.8 Å². The minimum absolute atomic E-state index is 0.0433. The molecular formula is C12H16N2O2S. The third-order valence-corrected chi connectivity index (χ3v) is 3.60. The van der Waals surface area contributed by atoms with Gasteiger partial charge in [0, 0.05) is 18.2 Å². The highest BCUT2D eigenvalue weighted by Crippen LogP contribution is 2.12. The maximum atomic E-state index is 11.7. The van der Waals surface area contributed by atoms with Crippen LogP contribution in [-0.4, -0.2) is 30.7 Å². The monoisotopic (exact) mass is 252 g/mol. The first-order chi connectivity index (χ1) is 8.29. The lowest BCUT2D eigenvalue weighted by atomic mass is 10.2. The maximum Gasteiger partial charge on any atom is 0.238 e. The number of rotatable bonds is 4. The minimum Gasteiger partial charge on any atom is -0.497 e. The number of ether oxygens (including phenoxy) is 1. The Labute approximate surface area is 105 Å². The number of nitrogens with one attached hydrogen (secondary N) is 2. The molecule has 0 aliphatic carbocycles. The molecule has 0 saturated carbocycles. The van der Waals surface area contributed by atoms with E-state index in [0.29, 0.717) is 6.54 Å². The van der Waals surface area contributed by atoms with Gasteiger partial charge < -0.3 is 10.1 Å². The van der Waals surface area contributed by atoms with E-state index in [-0.39, 0.29) is 11.9 Å². The third kappa shape index (κ3) is 3.38. The van der Waals surface area contributed by atoms with Gasteiger partial charge in [-0.15, -0.1) is 11.8 Å². The molecule has 5 heteroatoms. The highest BCUT2D eigenvalue weighted by Gasteiger charge is 2.21. The fourth-order valence-electron chi connectivity index (χ4n) is 1.62. The van der Waals surface area contributed by atoms with Gasteiger partial charge in [-0.25, -0.2) is 0 Å². The average molecular weight is 252 g/mol. The molecule has 0 spiro atoms. The summed E-state index contributed by atoms with van der Waals surface area (Å²) in [7, 11) is 1.64. The second-order valence-corrected chi connectivity index (χ2v) is 4.87. The Morgan fingerprint density at radius 3 is 2.88 bits per heavy atom. The first-order valence-electron chi connectivity index (χ1n) is 5.51. The van der Waals surface area contributed by atoms with Crippen molar-refractivity contribution < 1.29 is 9.53 Å². The number of carbonyl (C=O) groups excluding carboxylic acids is 1. The Bertz CT molecular complexity index is 375. The third-order valence-electron chi connectivity index (χ3n) is 2.66. The predicted octanol–water partition coefficient (Wildman–Crippen LogP) is 0.974. The zero-order valence-electron chi connectivity index (χ0n) is 9.73. The van der Waals surface area contributed by atoms with E-state index in [0.717, 1.165) is 22.9 Å². The van der Waals surface area contributed by atoms with Crippen molar-refractivity contribution in [3.8, 4) is 5.75 Å². The van der Waals surface area contributed by atoms with Crippen molar-refractivity contribution in [2.75, 3.05) is 18.7 Å². The summed E-state index contributed by atoms with van der Waals surface area (Å²) in [4.78, 5) is 11.7. The topological polar surface area (TPSA) is 50.4 Å². The Kier molecular flexibility index (Phi) is 4.28. The van der Waals surface area contributed by atoms with Crippen LogP contribution in [0.15, 0.2) is 24.3 Å². The van der Waals surface area contributed by atoms with E-state index in [2.05, 4.69) is 10.6 Å². The number of thioether (sulfide) groups is 1. The SMILES string of the molecule is COc1ccc(CNC(=O)C2CSCN2)cc1. The summed E-state index contributed by atoms with van der Waals surface area (Å²) in [5.41, 5.74) is 1.07. The van der Waals surface area contributed by atoms with Crippen molar-refractivity contribution in [2.24, 2.45) is 0 Å². The van der Waals surface area contributed by atoms with E-state index in [9.17, 15) is 4.79 Å². The predicted molar refractivity (Wildman–Crippen MR) is 69.1 cm³/mol. The number of amides is 1. The molecule has 2 N–H and O–H groups in total. The van der Waals surface area contributed by atoms with Gasteiger partial charge in [0.15, 0.2) is 0 Å². The van der Waals surface area contributed by atoms with Crippen molar-refractivity contribution >= 4 is 17.7 Å². The smallest absolute Gasteiger partial charge is 0.238 e. The fraction of sp³-hybridized carbons (Fsp3) is 0.417. The van der Waals surface area contributed by atoms with Gasteiger partial charge in [0.1, 0.15) is 5.75 Å². The van der Waals surface area contributed by atoms with E-state index in [1.54, 1.807) is 18.9 Å². The number of carbonyl (C=O) groups is 1. The van der Waals surface area contributed by atoms with Crippen LogP contribution < -0.4 is 15.4 Å². The second-order valence-electron chi connectivity index (χ2n) is 3.84. The van der Waals surface area contributed by atoms with E-state index in [4.69, 9.17) is 4.74 Å². The zero-order chi connectivity index (χ0) is 12.1. The molecule has 1 unspecified atom stereocenters. The van der Waals surface area contributed by atoms with Crippen LogP contribution in [0.5, 0.6) is 5.75 Å². The summed E-state index contributed by atoms with van der Waals surface area (Å²) in [5.74, 6) is 2.62. The van der Waals surface area contributed by atoms with Crippen molar-refractivity contribution in [3.63, 3.8) is 0 Å². The number of hydrogen-bond donors (Lipinski definition) is 2. The summed E-state index contributed by atoms with van der Waals surface area (Å²) >= 11 is 1.75. The first kappa shape index (κ1) is 12.3. The average Bonchev–Trinajstić information content (AvgIpc) is 2.90. The van der Waals surface area contributed by atoms with Crippen molar-refractivity contribution in [1.82, 2.24) is 10.6 Å². The Hall–Kier alpha value is -1.20. The largest absolute Gasteiger partial charge is 0.497 e. The summed E-state index contributed by atoms with van der Waals surface area (Å²) in [5, 5.41) is 6.06. The highest BCUT2D eigenvalue weighted by molar-refractivity contribution is 7.99. The van der Waals surface area contributed by atoms with Crippen LogP contribution in [0.4, 0.5) is 0 Å². The lowest BCUT2D eigenvalue weighted by Gasteiger charge is -2.10. The number of hydrogen-bond acceptors (Lipinski definition) is 4. The van der Waals surface area contributed by atoms with Gasteiger partial charge in [-0.3, -0.25) is 10.1 Å². The Morgan fingerprint density at radius 2 is 2.29 bits per heavy atom. The van der Waals surface area contributed by atoms with Gasteiger partial charge >= 0.3 is 0 Å². The summed E-state index contributed by atoms with van der Waals surface area (Å²) < 4.78 is 5.08. The molecule has 1 aromatic carbocycles. The molecule has 1 amide bonds. The molecule has 0 aromatic heterocycles. The van der Waals surface area contributed by atoms with Crippen LogP contribution in [0.2, 0.25) is 0 Å². The van der Waals surface area contributed by atoms with Gasteiger partial charge in [-0.2, -0.15) is 0 Å². The van der Waals surface area contributed by atoms with E-state index in [1.165, 1.54) is 0 Å². The summed E-state index contributed by atoms with van der Waals surface area (Å²) in [6.45, 7) is 0.561. The van der Waals surface area contributed by atoms with Crippen LogP contribution in [0.3, 0.4) is 0 Å². The van der Waals surface area contributed by atoms with Crippen molar-refractivity contribution in [1.29, 1.82) is 0 Å². The van der Waals surface area contributed by atoms with Crippen LogP contribution in [-0.2, 0) is 11.3 Å². The molecule has 92 valence electrons. The van der Waals surface area contributed by atoms with Gasteiger partial charge in [0.2, 0.25) is 5.91 Å². The molecular weight excluding hydrogens is 236 g/mol. The normalized spacial score (nSPS) is 19.0. The van der Waals surface area contributed by atoms with Gasteiger partial charge in [-0.05, 0) is 17.7 Å². The molecule has 4 nitrogen and oxygen atoms in total. The molecule has 17 heavy (non-hydrogen) atoms. The van der Waals surface area contributed by atoms with Crippen molar-refractivity contribution in [2.45, 2.75) is 12.6 Å². The van der Waals surface area contributed by atoms with Crippen LogP contribution in [0, 0.1) is 0 Å². The van der Waals surface area contributed by atoms with Crippen LogP contribution in [0.1, 0.15) is 5.56 Å². The standard InChI is InChI=1S/C12H16N2O2S/c1-16-10-4-2-9(3-5-10)6-13-12(15)11-7-17-8-14-11/h2-5,11,14H,6-8H2,1H3,(H,13,15). The molecule has 1 atom stereocenters. The molecule has 1 fully saturated rings. The molecule has 1 saturated heterocycles. The summed E-state index contributed by atoms with van der Waals surface area (Å²) in [6.07, 6.45) is 0. The molecule has 0 bridgehead atoms. The number of benzene rings is 1. The van der Waals surface area contributed by atoms with E-state index < -0.39 is 0 Å². The van der Waals surface area contributed by atoms with Crippen LogP contribution in [0.25, 0.3) is 0 Å². The molecule has 1 aliphatic rings. The van der Waals surface area contributed by atoms with E-state index >= 15 is 0 Å². The Balaban J connectivity index is 1.82. The first-order valence-corrected chi connectivity index (χ1v) is 6.67. The molecule has 0 radical (unpaired) electrons. The van der Waals surface area contributed by atoms with Gasteiger partial charge in [-0.1, -0.05) is 12.1 Å². The zero-order valence-corrected chi connectivity index (χ0v) is 10.5. The number of methoxy groups -OCH3 is 1. The Morgan fingerprint density at radius 1 is 1.53 bits per heavy atom. The lowest BCUT2D eigenvalue weighted by molar-refractivity contribution is -0.122. The fourth-order valence-corrected chi connectivity index (χ4v) is 2.56. The summed E-state index contributed by atoms with van der Waals surface area (Å²) in [6, 6.07) is 7.65. The highest BCUT2D eigenvalue weighted by atomic mass is 32.2. The quantitative estimate of drug-likeness (QED) is 0.838. The van der Waals surface area contributed by atoms with Gasteiger partial charge in [0.05, 0.1) is 13.2 Å². The molecule has 1 aliphatic heterocycles. The second kappa shape index (κ2) is 5.93. The van der Waals surface area contributed by atoms with Gasteiger partial charge in [0.25, 0.3) is 0 Å². The molecule has 2 rings (SSSR count).